The van der Waals surface area contributed by atoms with Crippen LogP contribution in [0.25, 0.3) is 0 Å². The van der Waals surface area contributed by atoms with Crippen LogP contribution in [-0.4, -0.2) is 36.0 Å². The number of urea groups is 1. The zero-order chi connectivity index (χ0) is 16.9. The molecule has 1 aliphatic rings. The Balaban J connectivity index is 1.79. The molecule has 1 aliphatic heterocycles. The molecule has 1 fully saturated rings. The van der Waals surface area contributed by atoms with E-state index in [0.29, 0.717) is 13.1 Å². The summed E-state index contributed by atoms with van der Waals surface area (Å²) in [5.74, 6) is 0.0507. The third kappa shape index (κ3) is 3.56. The van der Waals surface area contributed by atoms with Crippen LogP contribution in [0.4, 0.5) is 16.2 Å². The Morgan fingerprint density at radius 1 is 1.00 bits per heavy atom. The molecule has 3 amide bonds. The van der Waals surface area contributed by atoms with E-state index in [1.807, 2.05) is 60.7 Å². The van der Waals surface area contributed by atoms with Gasteiger partial charge < -0.3 is 10.2 Å². The second kappa shape index (κ2) is 7.17. The number of carbonyl (C=O) groups excluding carboxylic acids is 2. The number of carbonyl (C=O) groups is 2. The van der Waals surface area contributed by atoms with Gasteiger partial charge in [-0.25, -0.2) is 4.79 Å². The molecule has 3 rings (SSSR count). The maximum atomic E-state index is 12.9. The Morgan fingerprint density at radius 3 is 2.00 bits per heavy atom. The molecule has 5 heteroatoms. The first-order chi connectivity index (χ1) is 11.6. The summed E-state index contributed by atoms with van der Waals surface area (Å²) >= 11 is 0. The van der Waals surface area contributed by atoms with Crippen molar-refractivity contribution >= 4 is 23.3 Å². The van der Waals surface area contributed by atoms with Crippen LogP contribution in [0, 0.1) is 0 Å². The van der Waals surface area contributed by atoms with Gasteiger partial charge in [0.05, 0.1) is 11.4 Å². The van der Waals surface area contributed by atoms with Gasteiger partial charge in [0.2, 0.25) is 5.91 Å². The van der Waals surface area contributed by atoms with E-state index in [9.17, 15) is 9.59 Å². The van der Waals surface area contributed by atoms with Gasteiger partial charge in [-0.15, -0.1) is 0 Å². The van der Waals surface area contributed by atoms with E-state index in [2.05, 4.69) is 5.32 Å². The first-order valence-electron chi connectivity index (χ1n) is 8.11. The number of hydrogen-bond donors (Lipinski definition) is 1. The van der Waals surface area contributed by atoms with Gasteiger partial charge in [-0.3, -0.25) is 9.69 Å². The monoisotopic (exact) mass is 323 g/mol. The van der Waals surface area contributed by atoms with E-state index in [1.54, 1.807) is 16.7 Å². The minimum atomic E-state index is -0.178. The highest BCUT2D eigenvalue weighted by Gasteiger charge is 2.27. The summed E-state index contributed by atoms with van der Waals surface area (Å²) in [6.07, 6.45) is 0.780. The summed E-state index contributed by atoms with van der Waals surface area (Å²) < 4.78 is 0. The van der Waals surface area contributed by atoms with Crippen LogP contribution in [0.5, 0.6) is 0 Å². The number of anilines is 2. The summed E-state index contributed by atoms with van der Waals surface area (Å²) in [6, 6.07) is 18.9. The van der Waals surface area contributed by atoms with Crippen molar-refractivity contribution in [2.24, 2.45) is 0 Å². The molecule has 0 radical (unpaired) electrons. The molecular formula is C19H21N3O2. The average Bonchev–Trinajstić information content (AvgIpc) is 3.06. The maximum absolute atomic E-state index is 12.9. The smallest absolute Gasteiger partial charge is 0.326 e. The summed E-state index contributed by atoms with van der Waals surface area (Å²) in [7, 11) is 0. The van der Waals surface area contributed by atoms with Gasteiger partial charge in [0.15, 0.2) is 0 Å². The molecule has 0 aliphatic carbocycles. The van der Waals surface area contributed by atoms with E-state index in [4.69, 9.17) is 0 Å². The summed E-state index contributed by atoms with van der Waals surface area (Å²) in [6.45, 7) is 2.82. The van der Waals surface area contributed by atoms with Crippen LogP contribution >= 0.6 is 0 Å². The fourth-order valence-electron chi connectivity index (χ4n) is 2.94. The predicted molar refractivity (Wildman–Crippen MR) is 94.2 cm³/mol. The number of nitrogens with one attached hydrogen (secondary N) is 1. The highest BCUT2D eigenvalue weighted by Crippen LogP contribution is 2.25. The number of hydrogen-bond acceptors (Lipinski definition) is 2. The zero-order valence-corrected chi connectivity index (χ0v) is 13.7. The van der Waals surface area contributed by atoms with E-state index in [1.165, 1.54) is 0 Å². The molecule has 24 heavy (non-hydrogen) atoms. The Labute approximate surface area is 141 Å². The summed E-state index contributed by atoms with van der Waals surface area (Å²) in [4.78, 5) is 27.8. The molecule has 0 bridgehead atoms. The second-order valence-corrected chi connectivity index (χ2v) is 5.91. The number of benzene rings is 2. The molecule has 124 valence electrons. The van der Waals surface area contributed by atoms with Gasteiger partial charge in [0, 0.05) is 26.1 Å². The largest absolute Gasteiger partial charge is 0.341 e. The standard InChI is InChI=1S/C19H21N3O2/c1-15(23)21-13-12-16(14-21)20-19(24)22(17-8-4-2-5-9-17)18-10-6-3-7-11-18/h2-11,16H,12-14H2,1H3,(H,20,24)/t16-/m1/s1. The molecule has 2 aromatic carbocycles. The van der Waals surface area contributed by atoms with Crippen LogP contribution < -0.4 is 10.2 Å². The van der Waals surface area contributed by atoms with Gasteiger partial charge in [-0.2, -0.15) is 0 Å². The fourth-order valence-corrected chi connectivity index (χ4v) is 2.94. The van der Waals surface area contributed by atoms with Gasteiger partial charge >= 0.3 is 6.03 Å². The molecule has 5 nitrogen and oxygen atoms in total. The Morgan fingerprint density at radius 2 is 1.54 bits per heavy atom. The van der Waals surface area contributed by atoms with Crippen LogP contribution in [0.1, 0.15) is 13.3 Å². The van der Waals surface area contributed by atoms with Crippen molar-refractivity contribution in [3.63, 3.8) is 0 Å². The van der Waals surface area contributed by atoms with E-state index in [0.717, 1.165) is 17.8 Å². The topological polar surface area (TPSA) is 52.7 Å². The van der Waals surface area contributed by atoms with Gasteiger partial charge in [0.1, 0.15) is 0 Å². The highest BCUT2D eigenvalue weighted by molar-refractivity contribution is 5.99. The van der Waals surface area contributed by atoms with Gasteiger partial charge in [0.25, 0.3) is 0 Å². The van der Waals surface area contributed by atoms with Crippen molar-refractivity contribution in [1.82, 2.24) is 10.2 Å². The van der Waals surface area contributed by atoms with Crippen LogP contribution in [0.15, 0.2) is 60.7 Å². The molecular weight excluding hydrogens is 302 g/mol. The minimum Gasteiger partial charge on any atom is -0.341 e. The minimum absolute atomic E-state index is 0.0173. The van der Waals surface area contributed by atoms with Crippen molar-refractivity contribution in [3.8, 4) is 0 Å². The van der Waals surface area contributed by atoms with Crippen LogP contribution in [-0.2, 0) is 4.79 Å². The fraction of sp³-hybridized carbons (Fsp3) is 0.263. The van der Waals surface area contributed by atoms with Crippen LogP contribution in [0.2, 0.25) is 0 Å². The third-order valence-corrected chi connectivity index (χ3v) is 4.19. The molecule has 0 unspecified atom stereocenters. The molecule has 0 saturated carbocycles. The Hall–Kier alpha value is -2.82. The van der Waals surface area contributed by atoms with Crippen LogP contribution in [0.3, 0.4) is 0 Å². The molecule has 1 N–H and O–H groups in total. The number of likely N-dealkylation sites (tertiary alicyclic amines) is 1. The van der Waals surface area contributed by atoms with Crippen molar-refractivity contribution in [3.05, 3.63) is 60.7 Å². The van der Waals surface area contributed by atoms with Crippen molar-refractivity contribution < 1.29 is 9.59 Å². The predicted octanol–water partition coefficient (Wildman–Crippen LogP) is 3.16. The number of para-hydroxylation sites is 2. The number of nitrogens with zero attached hydrogens (tertiary/aromatic N) is 2. The Kier molecular flexibility index (Phi) is 4.79. The first-order valence-corrected chi connectivity index (χ1v) is 8.11. The third-order valence-electron chi connectivity index (χ3n) is 4.19. The van der Waals surface area contributed by atoms with Gasteiger partial charge in [-0.1, -0.05) is 36.4 Å². The van der Waals surface area contributed by atoms with Crippen molar-refractivity contribution in [2.45, 2.75) is 19.4 Å². The molecule has 2 aromatic rings. The summed E-state index contributed by atoms with van der Waals surface area (Å²) in [5, 5.41) is 3.05. The normalized spacial score (nSPS) is 16.7. The lowest BCUT2D eigenvalue weighted by atomic mass is 10.2. The highest BCUT2D eigenvalue weighted by atomic mass is 16.2. The van der Waals surface area contributed by atoms with Crippen molar-refractivity contribution in [1.29, 1.82) is 0 Å². The maximum Gasteiger partial charge on any atom is 0.326 e. The molecule has 1 saturated heterocycles. The van der Waals surface area contributed by atoms with E-state index < -0.39 is 0 Å². The van der Waals surface area contributed by atoms with E-state index in [-0.39, 0.29) is 18.0 Å². The second-order valence-electron chi connectivity index (χ2n) is 5.91. The average molecular weight is 323 g/mol. The number of rotatable bonds is 3. The first kappa shape index (κ1) is 16.1. The quantitative estimate of drug-likeness (QED) is 0.943. The van der Waals surface area contributed by atoms with Crippen molar-refractivity contribution in [2.75, 3.05) is 18.0 Å². The SMILES string of the molecule is CC(=O)N1CC[C@@H](NC(=O)N(c2ccccc2)c2ccccc2)C1. The van der Waals surface area contributed by atoms with Gasteiger partial charge in [-0.05, 0) is 30.7 Å². The number of amides is 3. The lowest BCUT2D eigenvalue weighted by Gasteiger charge is -2.25. The molecule has 0 aromatic heterocycles. The lowest BCUT2D eigenvalue weighted by Crippen LogP contribution is -2.44. The zero-order valence-electron chi connectivity index (χ0n) is 13.7. The summed E-state index contributed by atoms with van der Waals surface area (Å²) in [5.41, 5.74) is 1.62. The van der Waals surface area contributed by atoms with E-state index >= 15 is 0 Å². The molecule has 1 heterocycles. The molecule has 0 spiro atoms. The Bertz CT molecular complexity index is 664. The molecule has 1 atom stereocenters. The lowest BCUT2D eigenvalue weighted by molar-refractivity contribution is -0.127.